The Morgan fingerprint density at radius 3 is 2.70 bits per heavy atom. The van der Waals surface area contributed by atoms with Gasteiger partial charge in [-0.3, -0.25) is 0 Å². The monoisotopic (exact) mass is 291 g/mol. The largest absolute Gasteiger partial charge is 0.467 e. The van der Waals surface area contributed by atoms with Crippen LogP contribution < -0.4 is 5.32 Å². The van der Waals surface area contributed by atoms with Crippen LogP contribution in [0.15, 0.2) is 47.2 Å². The van der Waals surface area contributed by atoms with E-state index in [-0.39, 0.29) is 6.54 Å². The normalized spacial score (nSPS) is 13.7. The zero-order valence-electron chi connectivity index (χ0n) is 11.2. The predicted octanol–water partition coefficient (Wildman–Crippen LogP) is 1.90. The van der Waals surface area contributed by atoms with Gasteiger partial charge in [0.25, 0.3) is 0 Å². The van der Waals surface area contributed by atoms with Crippen LogP contribution in [0.1, 0.15) is 11.1 Å². The fourth-order valence-electron chi connectivity index (χ4n) is 1.94. The predicted molar refractivity (Wildman–Crippen MR) is 78.4 cm³/mol. The van der Waals surface area contributed by atoms with Crippen LogP contribution in [0.5, 0.6) is 0 Å². The Balaban J connectivity index is 2.04. The highest BCUT2D eigenvalue weighted by Crippen LogP contribution is 2.24. The van der Waals surface area contributed by atoms with Crippen molar-refractivity contribution in [3.8, 4) is 0 Å². The van der Waals surface area contributed by atoms with Gasteiger partial charge in [0.1, 0.15) is 0 Å². The van der Waals surface area contributed by atoms with Gasteiger partial charge in [-0.05, 0) is 22.4 Å². The number of methoxy groups -OCH3 is 1. The average Bonchev–Trinajstić information content (AvgIpc) is 3.02. The molecule has 1 aromatic carbocycles. The highest BCUT2D eigenvalue weighted by molar-refractivity contribution is 7.08. The molecule has 5 heteroatoms. The average molecular weight is 291 g/mol. The maximum atomic E-state index is 11.9. The van der Waals surface area contributed by atoms with Crippen molar-refractivity contribution >= 4 is 17.3 Å². The van der Waals surface area contributed by atoms with E-state index in [1.165, 1.54) is 18.4 Å². The van der Waals surface area contributed by atoms with Gasteiger partial charge in [0, 0.05) is 18.7 Å². The summed E-state index contributed by atoms with van der Waals surface area (Å²) in [5.74, 6) is -0.656. The summed E-state index contributed by atoms with van der Waals surface area (Å²) in [5, 5.41) is 17.3. The molecule has 2 rings (SSSR count). The Morgan fingerprint density at radius 1 is 1.35 bits per heavy atom. The number of rotatable bonds is 6. The van der Waals surface area contributed by atoms with Crippen LogP contribution >= 0.6 is 11.3 Å². The van der Waals surface area contributed by atoms with Crippen molar-refractivity contribution in [2.45, 2.75) is 12.1 Å². The molecular formula is C15H17NO3S. The van der Waals surface area contributed by atoms with Crippen molar-refractivity contribution in [1.29, 1.82) is 0 Å². The van der Waals surface area contributed by atoms with E-state index in [0.29, 0.717) is 12.1 Å². The summed E-state index contributed by atoms with van der Waals surface area (Å²) >= 11 is 1.43. The van der Waals surface area contributed by atoms with Crippen molar-refractivity contribution in [2.75, 3.05) is 13.7 Å². The molecule has 1 aromatic heterocycles. The molecule has 0 fully saturated rings. The topological polar surface area (TPSA) is 58.6 Å². The number of thiophene rings is 1. The quantitative estimate of drug-likeness (QED) is 0.798. The number of ether oxygens (including phenoxy) is 1. The second kappa shape index (κ2) is 6.65. The SMILES string of the molecule is COC(=O)C(O)(CNCc1ccccc1)c1ccsc1. The number of esters is 1. The van der Waals surface area contributed by atoms with Crippen LogP contribution in [0.25, 0.3) is 0 Å². The first-order valence-electron chi connectivity index (χ1n) is 6.25. The summed E-state index contributed by atoms with van der Waals surface area (Å²) < 4.78 is 4.72. The molecule has 0 spiro atoms. The number of nitrogens with one attached hydrogen (secondary N) is 1. The standard InChI is InChI=1S/C15H17NO3S/c1-19-14(17)15(18,13-7-8-20-10-13)11-16-9-12-5-3-2-4-6-12/h2-8,10,16,18H,9,11H2,1H3. The first kappa shape index (κ1) is 14.7. The Hall–Kier alpha value is -1.69. The second-order valence-corrected chi connectivity index (χ2v) is 5.23. The smallest absolute Gasteiger partial charge is 0.343 e. The fraction of sp³-hybridized carbons (Fsp3) is 0.267. The zero-order valence-corrected chi connectivity index (χ0v) is 12.0. The van der Waals surface area contributed by atoms with Crippen molar-refractivity contribution in [3.05, 3.63) is 58.3 Å². The number of benzene rings is 1. The number of carbonyl (C=O) groups is 1. The van der Waals surface area contributed by atoms with E-state index in [1.807, 2.05) is 35.7 Å². The summed E-state index contributed by atoms with van der Waals surface area (Å²) in [4.78, 5) is 11.9. The molecule has 20 heavy (non-hydrogen) atoms. The van der Waals surface area contributed by atoms with E-state index in [9.17, 15) is 9.90 Å². The van der Waals surface area contributed by atoms with Crippen molar-refractivity contribution in [1.82, 2.24) is 5.32 Å². The lowest BCUT2D eigenvalue weighted by molar-refractivity contribution is -0.163. The van der Waals surface area contributed by atoms with Gasteiger partial charge in [-0.1, -0.05) is 30.3 Å². The Bertz CT molecular complexity index is 542. The van der Waals surface area contributed by atoms with Crippen LogP contribution in [0.4, 0.5) is 0 Å². The molecule has 1 heterocycles. The molecule has 1 unspecified atom stereocenters. The van der Waals surface area contributed by atoms with Gasteiger partial charge >= 0.3 is 5.97 Å². The molecule has 0 radical (unpaired) electrons. The molecule has 0 aliphatic carbocycles. The third kappa shape index (κ3) is 3.25. The summed E-state index contributed by atoms with van der Waals surface area (Å²) in [6, 6.07) is 11.5. The maximum Gasteiger partial charge on any atom is 0.343 e. The van der Waals surface area contributed by atoms with Crippen LogP contribution in [0.2, 0.25) is 0 Å². The minimum Gasteiger partial charge on any atom is -0.467 e. The minimum atomic E-state index is -1.65. The molecule has 0 aliphatic rings. The molecule has 0 saturated heterocycles. The number of hydrogen-bond acceptors (Lipinski definition) is 5. The highest BCUT2D eigenvalue weighted by Gasteiger charge is 2.39. The van der Waals surface area contributed by atoms with E-state index in [1.54, 1.807) is 11.4 Å². The van der Waals surface area contributed by atoms with E-state index < -0.39 is 11.6 Å². The third-order valence-corrected chi connectivity index (χ3v) is 3.76. The highest BCUT2D eigenvalue weighted by atomic mass is 32.1. The Kier molecular flexibility index (Phi) is 4.89. The van der Waals surface area contributed by atoms with Gasteiger partial charge in [0.15, 0.2) is 0 Å². The molecule has 0 bridgehead atoms. The van der Waals surface area contributed by atoms with Crippen LogP contribution in [0, 0.1) is 0 Å². The van der Waals surface area contributed by atoms with Gasteiger partial charge in [-0.25, -0.2) is 4.79 Å². The van der Waals surface area contributed by atoms with Gasteiger partial charge < -0.3 is 15.2 Å². The summed E-state index contributed by atoms with van der Waals surface area (Å²) in [6.07, 6.45) is 0. The molecule has 0 saturated carbocycles. The van der Waals surface area contributed by atoms with Gasteiger partial charge in [-0.2, -0.15) is 11.3 Å². The van der Waals surface area contributed by atoms with Crippen molar-refractivity contribution in [2.24, 2.45) is 0 Å². The molecule has 2 N–H and O–H groups in total. The lowest BCUT2D eigenvalue weighted by Gasteiger charge is -2.25. The van der Waals surface area contributed by atoms with Gasteiger partial charge in [-0.15, -0.1) is 0 Å². The third-order valence-electron chi connectivity index (χ3n) is 3.07. The second-order valence-electron chi connectivity index (χ2n) is 4.45. The van der Waals surface area contributed by atoms with Crippen LogP contribution in [0.3, 0.4) is 0 Å². The van der Waals surface area contributed by atoms with Gasteiger partial charge in [0.05, 0.1) is 7.11 Å². The summed E-state index contributed by atoms with van der Waals surface area (Å²) in [5.41, 5.74) is -0.0104. The Labute approximate surface area is 122 Å². The summed E-state index contributed by atoms with van der Waals surface area (Å²) in [6.45, 7) is 0.676. The summed E-state index contributed by atoms with van der Waals surface area (Å²) in [7, 11) is 1.27. The Morgan fingerprint density at radius 2 is 2.10 bits per heavy atom. The molecule has 4 nitrogen and oxygen atoms in total. The van der Waals surface area contributed by atoms with E-state index in [0.717, 1.165) is 5.56 Å². The fourth-order valence-corrected chi connectivity index (χ4v) is 2.67. The molecule has 106 valence electrons. The van der Waals surface area contributed by atoms with Crippen LogP contribution in [-0.2, 0) is 21.7 Å². The molecule has 1 atom stereocenters. The lowest BCUT2D eigenvalue weighted by atomic mass is 9.96. The maximum absolute atomic E-state index is 11.9. The van der Waals surface area contributed by atoms with Gasteiger partial charge in [0.2, 0.25) is 5.60 Å². The molecule has 2 aromatic rings. The molecule has 0 aliphatic heterocycles. The first-order chi connectivity index (χ1) is 9.66. The first-order valence-corrected chi connectivity index (χ1v) is 7.19. The van der Waals surface area contributed by atoms with E-state index >= 15 is 0 Å². The van der Waals surface area contributed by atoms with Crippen LogP contribution in [-0.4, -0.2) is 24.7 Å². The zero-order chi connectivity index (χ0) is 14.4. The van der Waals surface area contributed by atoms with E-state index in [2.05, 4.69) is 5.32 Å². The molecule has 0 amide bonds. The minimum absolute atomic E-state index is 0.102. The molecular weight excluding hydrogens is 274 g/mol. The number of carbonyl (C=O) groups excluding carboxylic acids is 1. The number of aliphatic hydroxyl groups is 1. The van der Waals surface area contributed by atoms with Crippen molar-refractivity contribution in [3.63, 3.8) is 0 Å². The van der Waals surface area contributed by atoms with E-state index in [4.69, 9.17) is 4.74 Å². The van der Waals surface area contributed by atoms with Crippen molar-refractivity contribution < 1.29 is 14.6 Å². The number of hydrogen-bond donors (Lipinski definition) is 2. The lowest BCUT2D eigenvalue weighted by Crippen LogP contribution is -2.45.